The first kappa shape index (κ1) is 32.6. The predicted octanol–water partition coefficient (Wildman–Crippen LogP) is 5.75. The first-order chi connectivity index (χ1) is 23.1. The first-order valence-electron chi connectivity index (χ1n) is 16.6. The Kier molecular flexibility index (Phi) is 8.93. The molecule has 0 saturated carbocycles. The van der Waals surface area contributed by atoms with Crippen molar-refractivity contribution in [2.45, 2.75) is 48.3 Å². The highest BCUT2D eigenvalue weighted by molar-refractivity contribution is 7.89. The molecule has 3 aliphatic rings. The van der Waals surface area contributed by atoms with E-state index >= 15 is 0 Å². The van der Waals surface area contributed by atoms with E-state index in [2.05, 4.69) is 24.3 Å². The predicted molar refractivity (Wildman–Crippen MR) is 183 cm³/mol. The number of nitrogens with zero attached hydrogens (tertiary/aromatic N) is 2. The molecule has 248 valence electrons. The van der Waals surface area contributed by atoms with Gasteiger partial charge in [-0.05, 0) is 97.9 Å². The highest BCUT2D eigenvalue weighted by Gasteiger charge is 2.36. The Morgan fingerprint density at radius 2 is 0.833 bits per heavy atom. The molecule has 0 amide bonds. The third kappa shape index (κ3) is 6.30. The molecule has 0 radical (unpaired) electrons. The van der Waals surface area contributed by atoms with Gasteiger partial charge in [0.15, 0.2) is 11.6 Å². The number of rotatable bonds is 8. The van der Waals surface area contributed by atoms with Crippen molar-refractivity contribution in [1.29, 1.82) is 0 Å². The fraction of sp³-hybridized carbons (Fsp3) is 0.316. The Morgan fingerprint density at radius 3 is 1.19 bits per heavy atom. The van der Waals surface area contributed by atoms with E-state index in [4.69, 9.17) is 0 Å². The van der Waals surface area contributed by atoms with Crippen LogP contribution in [0.15, 0.2) is 107 Å². The Balaban J connectivity index is 1.05. The standard InChI is InChI=1S/C38H38N2O6S2/c41-37-34-14-12-32(48(45,46)40-21-17-30(18-22-40)24-28-9-5-2-6-10-28)26-36(34)38(42)33-13-11-31(25-35(33)37)47(43,44)39-19-15-29(16-20-39)23-27-7-3-1-4-8-27/h1-14,25-26,29-30H,15-24H2. The zero-order valence-electron chi connectivity index (χ0n) is 26.6. The van der Waals surface area contributed by atoms with Gasteiger partial charge in [0.2, 0.25) is 20.0 Å². The molecule has 0 spiro atoms. The minimum atomic E-state index is -3.89. The molecule has 0 atom stereocenters. The third-order valence-corrected chi connectivity index (χ3v) is 13.9. The fourth-order valence-electron chi connectivity index (χ4n) is 7.33. The van der Waals surface area contributed by atoms with Crippen LogP contribution in [-0.2, 0) is 32.9 Å². The van der Waals surface area contributed by atoms with Crippen molar-refractivity contribution in [3.8, 4) is 0 Å². The Hall–Kier alpha value is -3.96. The summed E-state index contributed by atoms with van der Waals surface area (Å²) in [6, 6.07) is 28.5. The summed E-state index contributed by atoms with van der Waals surface area (Å²) in [6.45, 7) is 1.53. The summed E-state index contributed by atoms with van der Waals surface area (Å²) in [5.74, 6) is -0.218. The van der Waals surface area contributed by atoms with E-state index in [1.54, 1.807) is 0 Å². The van der Waals surface area contributed by atoms with Gasteiger partial charge in [0, 0.05) is 48.4 Å². The van der Waals surface area contributed by atoms with Crippen LogP contribution in [0.25, 0.3) is 0 Å². The second-order valence-electron chi connectivity index (χ2n) is 13.1. The normalized spacial score (nSPS) is 18.4. The van der Waals surface area contributed by atoms with Crippen LogP contribution in [-0.4, -0.2) is 63.2 Å². The van der Waals surface area contributed by atoms with E-state index in [0.717, 1.165) is 38.5 Å². The number of ketones is 2. The van der Waals surface area contributed by atoms with E-state index in [0.29, 0.717) is 38.0 Å². The summed E-state index contributed by atoms with van der Waals surface area (Å²) >= 11 is 0. The SMILES string of the molecule is O=C1c2ccc(S(=O)(=O)N3CCC(Cc4ccccc4)CC3)cc2C(=O)c2ccc(S(=O)(=O)N3CCC(Cc4ccccc4)CC3)cc21. The molecule has 4 aromatic rings. The molecule has 2 saturated heterocycles. The summed E-state index contributed by atoms with van der Waals surface area (Å²) in [7, 11) is -7.77. The lowest BCUT2D eigenvalue weighted by Gasteiger charge is -2.32. The number of carbonyl (C=O) groups excluding carboxylic acids is 2. The van der Waals surface area contributed by atoms with Gasteiger partial charge < -0.3 is 0 Å². The van der Waals surface area contributed by atoms with Crippen molar-refractivity contribution in [2.24, 2.45) is 11.8 Å². The van der Waals surface area contributed by atoms with E-state index in [1.807, 2.05) is 36.4 Å². The molecule has 0 aromatic heterocycles. The smallest absolute Gasteiger partial charge is 0.243 e. The number of piperidine rings is 2. The number of benzene rings is 4. The van der Waals surface area contributed by atoms with Gasteiger partial charge in [-0.3, -0.25) is 9.59 Å². The number of carbonyl (C=O) groups is 2. The zero-order valence-corrected chi connectivity index (χ0v) is 28.3. The first-order valence-corrected chi connectivity index (χ1v) is 19.4. The second-order valence-corrected chi connectivity index (χ2v) is 17.0. The molecule has 2 aliphatic heterocycles. The third-order valence-electron chi connectivity index (χ3n) is 10.1. The molecular formula is C38H38N2O6S2. The van der Waals surface area contributed by atoms with Gasteiger partial charge in [0.1, 0.15) is 0 Å². The fourth-order valence-corrected chi connectivity index (χ4v) is 10.3. The molecule has 7 rings (SSSR count). The average molecular weight is 683 g/mol. The molecule has 0 N–H and O–H groups in total. The van der Waals surface area contributed by atoms with Gasteiger partial charge in [-0.15, -0.1) is 0 Å². The Morgan fingerprint density at radius 1 is 0.479 bits per heavy atom. The molecular weight excluding hydrogens is 645 g/mol. The number of sulfonamides is 2. The van der Waals surface area contributed by atoms with Crippen molar-refractivity contribution in [3.05, 3.63) is 130 Å². The van der Waals surface area contributed by atoms with Crippen molar-refractivity contribution in [3.63, 3.8) is 0 Å². The minimum Gasteiger partial charge on any atom is -0.289 e. The largest absolute Gasteiger partial charge is 0.289 e. The lowest BCUT2D eigenvalue weighted by atomic mass is 9.84. The van der Waals surface area contributed by atoms with Crippen molar-refractivity contribution in [1.82, 2.24) is 8.61 Å². The van der Waals surface area contributed by atoms with Crippen molar-refractivity contribution in [2.75, 3.05) is 26.2 Å². The molecule has 8 nitrogen and oxygen atoms in total. The van der Waals surface area contributed by atoms with Gasteiger partial charge >= 0.3 is 0 Å². The van der Waals surface area contributed by atoms with Gasteiger partial charge in [-0.25, -0.2) is 16.8 Å². The summed E-state index contributed by atoms with van der Waals surface area (Å²) < 4.78 is 57.5. The molecule has 10 heteroatoms. The van der Waals surface area contributed by atoms with Crippen LogP contribution in [0.4, 0.5) is 0 Å². The van der Waals surface area contributed by atoms with Crippen LogP contribution in [0.3, 0.4) is 0 Å². The van der Waals surface area contributed by atoms with Gasteiger partial charge in [-0.2, -0.15) is 8.61 Å². The average Bonchev–Trinajstić information content (AvgIpc) is 3.11. The van der Waals surface area contributed by atoms with Crippen LogP contribution in [0, 0.1) is 11.8 Å². The van der Waals surface area contributed by atoms with Crippen molar-refractivity contribution < 1.29 is 26.4 Å². The van der Waals surface area contributed by atoms with Gasteiger partial charge in [0.05, 0.1) is 9.79 Å². The summed E-state index contributed by atoms with van der Waals surface area (Å²) in [4.78, 5) is 27.3. The van der Waals surface area contributed by atoms with Crippen LogP contribution in [0.1, 0.15) is 68.7 Å². The highest BCUT2D eigenvalue weighted by atomic mass is 32.2. The maximum atomic E-state index is 13.7. The summed E-state index contributed by atoms with van der Waals surface area (Å²) in [5.41, 5.74) is 2.66. The lowest BCUT2D eigenvalue weighted by molar-refractivity contribution is 0.0978. The van der Waals surface area contributed by atoms with Crippen LogP contribution in [0.2, 0.25) is 0 Å². The summed E-state index contributed by atoms with van der Waals surface area (Å²) in [6.07, 6.45) is 4.75. The zero-order chi connectivity index (χ0) is 33.5. The second kappa shape index (κ2) is 13.2. The monoisotopic (exact) mass is 682 g/mol. The maximum Gasteiger partial charge on any atom is 0.243 e. The minimum absolute atomic E-state index is 0.0173. The van der Waals surface area contributed by atoms with E-state index in [-0.39, 0.29) is 32.0 Å². The number of hydrogen-bond donors (Lipinski definition) is 0. The summed E-state index contributed by atoms with van der Waals surface area (Å²) in [5, 5.41) is 0. The molecule has 2 heterocycles. The Bertz CT molecular complexity index is 1920. The highest BCUT2D eigenvalue weighted by Crippen LogP contribution is 2.34. The lowest BCUT2D eigenvalue weighted by Crippen LogP contribution is -2.39. The van der Waals surface area contributed by atoms with Crippen LogP contribution in [0.5, 0.6) is 0 Å². The van der Waals surface area contributed by atoms with E-state index < -0.39 is 31.6 Å². The molecule has 0 unspecified atom stereocenters. The topological polar surface area (TPSA) is 109 Å². The number of fused-ring (bicyclic) bond motifs is 2. The van der Waals surface area contributed by atoms with Gasteiger partial charge in [-0.1, -0.05) is 60.7 Å². The van der Waals surface area contributed by atoms with E-state index in [9.17, 15) is 26.4 Å². The Labute approximate surface area is 282 Å². The molecule has 2 fully saturated rings. The maximum absolute atomic E-state index is 13.7. The van der Waals surface area contributed by atoms with E-state index in [1.165, 1.54) is 56.1 Å². The molecule has 0 bridgehead atoms. The van der Waals surface area contributed by atoms with Crippen molar-refractivity contribution >= 4 is 31.6 Å². The quantitative estimate of drug-likeness (QED) is 0.206. The van der Waals surface area contributed by atoms with Gasteiger partial charge in [0.25, 0.3) is 0 Å². The molecule has 48 heavy (non-hydrogen) atoms. The number of hydrogen-bond acceptors (Lipinski definition) is 6. The molecule has 1 aliphatic carbocycles. The van der Waals surface area contributed by atoms with Crippen LogP contribution >= 0.6 is 0 Å². The molecule has 4 aromatic carbocycles. The van der Waals surface area contributed by atoms with Crippen LogP contribution < -0.4 is 0 Å².